The normalized spacial score (nSPS) is 24.3. The third kappa shape index (κ3) is 4.19. The Hall–Kier alpha value is -1.50. The Morgan fingerprint density at radius 1 is 1.28 bits per heavy atom. The van der Waals surface area contributed by atoms with E-state index in [9.17, 15) is 14.3 Å². The van der Waals surface area contributed by atoms with Crippen molar-refractivity contribution in [2.24, 2.45) is 0 Å². The smallest absolute Gasteiger partial charge is 0.244 e. The molecule has 1 aromatic rings. The first-order chi connectivity index (χ1) is 12.1. The van der Waals surface area contributed by atoms with Gasteiger partial charge in [0.2, 0.25) is 5.91 Å². The average Bonchev–Trinajstić information content (AvgIpc) is 2.64. The van der Waals surface area contributed by atoms with Gasteiger partial charge in [-0.25, -0.2) is 4.39 Å². The van der Waals surface area contributed by atoms with Crippen molar-refractivity contribution in [3.05, 3.63) is 35.6 Å². The standard InChI is InChI=1S/C19H28FN3O2/c1-2-16-13-21-9-12-23(16)18(14-3-5-15(20)6-4-14)19(25)22-10-7-17(24)8-11-22/h3-6,16-18,21,24H,2,7-13H2,1H3. The van der Waals surface area contributed by atoms with Crippen LogP contribution in [0.2, 0.25) is 0 Å². The van der Waals surface area contributed by atoms with Gasteiger partial charge in [0.1, 0.15) is 11.9 Å². The Morgan fingerprint density at radius 2 is 1.96 bits per heavy atom. The summed E-state index contributed by atoms with van der Waals surface area (Å²) in [7, 11) is 0. The molecular weight excluding hydrogens is 321 g/mol. The number of halogens is 1. The lowest BCUT2D eigenvalue weighted by Gasteiger charge is -2.43. The molecule has 2 aliphatic rings. The fourth-order valence-corrected chi connectivity index (χ4v) is 3.88. The number of hydrogen-bond acceptors (Lipinski definition) is 4. The molecule has 0 spiro atoms. The summed E-state index contributed by atoms with van der Waals surface area (Å²) in [6, 6.07) is 6.21. The van der Waals surface area contributed by atoms with Crippen LogP contribution in [0.5, 0.6) is 0 Å². The number of piperidine rings is 1. The van der Waals surface area contributed by atoms with Gasteiger partial charge >= 0.3 is 0 Å². The highest BCUT2D eigenvalue weighted by molar-refractivity contribution is 5.83. The largest absolute Gasteiger partial charge is 0.393 e. The average molecular weight is 349 g/mol. The summed E-state index contributed by atoms with van der Waals surface area (Å²) >= 11 is 0. The summed E-state index contributed by atoms with van der Waals surface area (Å²) < 4.78 is 13.4. The van der Waals surface area contributed by atoms with Crippen LogP contribution in [0.15, 0.2) is 24.3 Å². The van der Waals surface area contributed by atoms with Crippen LogP contribution in [-0.2, 0) is 4.79 Å². The highest BCUT2D eigenvalue weighted by Crippen LogP contribution is 2.29. The highest BCUT2D eigenvalue weighted by Gasteiger charge is 2.36. The number of likely N-dealkylation sites (tertiary alicyclic amines) is 1. The molecule has 0 radical (unpaired) electrons. The maximum absolute atomic E-state index is 13.4. The zero-order valence-corrected chi connectivity index (χ0v) is 14.8. The van der Waals surface area contributed by atoms with Gasteiger partial charge in [0.15, 0.2) is 0 Å². The minimum Gasteiger partial charge on any atom is -0.393 e. The molecule has 0 bridgehead atoms. The van der Waals surface area contributed by atoms with Crippen molar-refractivity contribution in [3.8, 4) is 0 Å². The summed E-state index contributed by atoms with van der Waals surface area (Å²) in [4.78, 5) is 17.5. The minimum atomic E-state index is -0.386. The van der Waals surface area contributed by atoms with Crippen LogP contribution in [0.1, 0.15) is 37.8 Å². The van der Waals surface area contributed by atoms with Crippen molar-refractivity contribution in [1.82, 2.24) is 15.1 Å². The van der Waals surface area contributed by atoms with Gasteiger partial charge in [0.25, 0.3) is 0 Å². The Kier molecular flexibility index (Phi) is 6.04. The van der Waals surface area contributed by atoms with E-state index in [0.717, 1.165) is 31.6 Å². The van der Waals surface area contributed by atoms with Crippen LogP contribution in [0, 0.1) is 5.82 Å². The summed E-state index contributed by atoms with van der Waals surface area (Å²) in [6.45, 7) is 5.80. The van der Waals surface area contributed by atoms with Crippen molar-refractivity contribution in [1.29, 1.82) is 0 Å². The van der Waals surface area contributed by atoms with Crippen molar-refractivity contribution in [2.75, 3.05) is 32.7 Å². The summed E-state index contributed by atoms with van der Waals surface area (Å²) in [6.07, 6.45) is 1.90. The molecule has 2 aliphatic heterocycles. The molecule has 2 fully saturated rings. The zero-order chi connectivity index (χ0) is 17.8. The molecule has 3 rings (SSSR count). The second-order valence-electron chi connectivity index (χ2n) is 7.01. The molecule has 2 unspecified atom stereocenters. The number of carbonyl (C=O) groups is 1. The van der Waals surface area contributed by atoms with Gasteiger partial charge in [0.05, 0.1) is 6.10 Å². The molecule has 0 saturated carbocycles. The summed E-state index contributed by atoms with van der Waals surface area (Å²) in [5, 5.41) is 13.1. The predicted octanol–water partition coefficient (Wildman–Crippen LogP) is 1.53. The number of nitrogens with one attached hydrogen (secondary N) is 1. The number of aliphatic hydroxyl groups excluding tert-OH is 1. The van der Waals surface area contributed by atoms with Crippen LogP contribution in [-0.4, -0.2) is 65.7 Å². The topological polar surface area (TPSA) is 55.8 Å². The molecule has 6 heteroatoms. The van der Waals surface area contributed by atoms with E-state index >= 15 is 0 Å². The van der Waals surface area contributed by atoms with E-state index in [1.54, 1.807) is 12.1 Å². The van der Waals surface area contributed by atoms with Gasteiger partial charge in [-0.2, -0.15) is 0 Å². The molecule has 1 amide bonds. The van der Waals surface area contributed by atoms with Gasteiger partial charge in [-0.15, -0.1) is 0 Å². The van der Waals surface area contributed by atoms with Crippen LogP contribution in [0.4, 0.5) is 4.39 Å². The second kappa shape index (κ2) is 8.25. The summed E-state index contributed by atoms with van der Waals surface area (Å²) in [5.74, 6) is -0.220. The van der Waals surface area contributed by atoms with Crippen LogP contribution in [0.25, 0.3) is 0 Å². The van der Waals surface area contributed by atoms with Gasteiger partial charge in [-0.3, -0.25) is 9.69 Å². The predicted molar refractivity (Wildman–Crippen MR) is 94.6 cm³/mol. The molecule has 138 valence electrons. The number of aliphatic hydroxyl groups is 1. The lowest BCUT2D eigenvalue weighted by Crippen LogP contribution is -2.56. The number of rotatable bonds is 4. The Labute approximate surface area is 148 Å². The van der Waals surface area contributed by atoms with Gasteiger partial charge in [-0.05, 0) is 37.0 Å². The zero-order valence-electron chi connectivity index (χ0n) is 14.8. The summed E-state index contributed by atoms with van der Waals surface area (Å²) in [5.41, 5.74) is 0.845. The van der Waals surface area contributed by atoms with Crippen LogP contribution in [0.3, 0.4) is 0 Å². The highest BCUT2D eigenvalue weighted by atomic mass is 19.1. The number of nitrogens with zero attached hydrogens (tertiary/aromatic N) is 2. The van der Waals surface area contributed by atoms with E-state index in [4.69, 9.17) is 0 Å². The number of hydrogen-bond donors (Lipinski definition) is 2. The molecule has 5 nitrogen and oxygen atoms in total. The molecule has 2 heterocycles. The maximum atomic E-state index is 13.4. The number of piperazine rings is 1. The van der Waals surface area contributed by atoms with Gasteiger partial charge < -0.3 is 15.3 Å². The molecule has 25 heavy (non-hydrogen) atoms. The molecular formula is C19H28FN3O2. The number of carbonyl (C=O) groups excluding carboxylic acids is 1. The van der Waals surface area contributed by atoms with E-state index < -0.39 is 0 Å². The van der Waals surface area contributed by atoms with E-state index in [1.807, 2.05) is 4.90 Å². The molecule has 1 aromatic carbocycles. The minimum absolute atomic E-state index is 0.0684. The van der Waals surface area contributed by atoms with Crippen molar-refractivity contribution < 1.29 is 14.3 Å². The van der Waals surface area contributed by atoms with Gasteiger partial charge in [0, 0.05) is 38.8 Å². The molecule has 0 aromatic heterocycles. The number of benzene rings is 1. The Bertz CT molecular complexity index is 573. The van der Waals surface area contributed by atoms with Crippen LogP contribution < -0.4 is 5.32 Å². The van der Waals surface area contributed by atoms with Crippen molar-refractivity contribution >= 4 is 5.91 Å². The first kappa shape index (κ1) is 18.3. The first-order valence-corrected chi connectivity index (χ1v) is 9.29. The Balaban J connectivity index is 1.88. The first-order valence-electron chi connectivity index (χ1n) is 9.29. The van der Waals surface area contributed by atoms with E-state index in [1.165, 1.54) is 12.1 Å². The van der Waals surface area contributed by atoms with Gasteiger partial charge in [-0.1, -0.05) is 19.1 Å². The molecule has 2 atom stereocenters. The van der Waals surface area contributed by atoms with Crippen molar-refractivity contribution in [2.45, 2.75) is 44.4 Å². The second-order valence-corrected chi connectivity index (χ2v) is 7.01. The Morgan fingerprint density at radius 3 is 2.60 bits per heavy atom. The lowest BCUT2D eigenvalue weighted by atomic mass is 9.97. The molecule has 0 aliphatic carbocycles. The third-order valence-corrected chi connectivity index (χ3v) is 5.39. The van der Waals surface area contributed by atoms with E-state index in [-0.39, 0.29) is 29.9 Å². The van der Waals surface area contributed by atoms with Crippen molar-refractivity contribution in [3.63, 3.8) is 0 Å². The maximum Gasteiger partial charge on any atom is 0.244 e. The monoisotopic (exact) mass is 349 g/mol. The SMILES string of the molecule is CCC1CNCCN1C(C(=O)N1CCC(O)CC1)c1ccc(F)cc1. The fraction of sp³-hybridized carbons (Fsp3) is 0.632. The van der Waals surface area contributed by atoms with Crippen LogP contribution >= 0.6 is 0 Å². The quantitative estimate of drug-likeness (QED) is 0.866. The number of amides is 1. The lowest BCUT2D eigenvalue weighted by molar-refractivity contribution is -0.141. The molecule has 2 saturated heterocycles. The van der Waals surface area contributed by atoms with E-state index in [2.05, 4.69) is 17.1 Å². The molecule has 2 N–H and O–H groups in total. The fourth-order valence-electron chi connectivity index (χ4n) is 3.88. The van der Waals surface area contributed by atoms with E-state index in [0.29, 0.717) is 25.9 Å². The third-order valence-electron chi connectivity index (χ3n) is 5.39.